The molecule has 0 radical (unpaired) electrons. The molecular weight excluding hydrogens is 444 g/mol. The minimum atomic E-state index is -1.06. The van der Waals surface area contributed by atoms with Gasteiger partial charge in [-0.25, -0.2) is 9.69 Å². The van der Waals surface area contributed by atoms with Crippen molar-refractivity contribution in [3.63, 3.8) is 0 Å². The van der Waals surface area contributed by atoms with E-state index in [0.717, 1.165) is 12.0 Å². The normalized spacial score (nSPS) is 17.0. The Morgan fingerprint density at radius 2 is 1.63 bits per heavy atom. The van der Waals surface area contributed by atoms with Gasteiger partial charge in [-0.05, 0) is 54.5 Å². The molecular formula is C29H31NO5. The summed E-state index contributed by atoms with van der Waals surface area (Å²) in [7, 11) is 1.58. The molecule has 6 nitrogen and oxygen atoms in total. The Bertz CT molecular complexity index is 1100. The summed E-state index contributed by atoms with van der Waals surface area (Å²) in [5.41, 5.74) is 2.79. The van der Waals surface area contributed by atoms with Gasteiger partial charge >= 0.3 is 6.09 Å². The zero-order valence-corrected chi connectivity index (χ0v) is 19.9. The number of cyclic esters (lactones) is 1. The zero-order chi connectivity index (χ0) is 24.6. The maximum Gasteiger partial charge on any atom is 0.416 e. The van der Waals surface area contributed by atoms with Crippen LogP contribution >= 0.6 is 0 Å². The van der Waals surface area contributed by atoms with Crippen LogP contribution in [0.3, 0.4) is 0 Å². The first kappa shape index (κ1) is 24.5. The lowest BCUT2D eigenvalue weighted by atomic mass is 9.96. The molecule has 6 heteroatoms. The number of amides is 2. The molecule has 3 aromatic carbocycles. The minimum Gasteiger partial charge on any atom is -0.497 e. The third kappa shape index (κ3) is 6.08. The predicted octanol–water partition coefficient (Wildman–Crippen LogP) is 4.96. The second kappa shape index (κ2) is 11.7. The fourth-order valence-electron chi connectivity index (χ4n) is 4.57. The highest BCUT2D eigenvalue weighted by Crippen LogP contribution is 2.32. The number of carbonyl (C=O) groups is 2. The van der Waals surface area contributed by atoms with Crippen molar-refractivity contribution in [1.82, 2.24) is 4.90 Å². The van der Waals surface area contributed by atoms with E-state index in [1.165, 1.54) is 10.5 Å². The van der Waals surface area contributed by atoms with E-state index in [1.54, 1.807) is 31.4 Å². The summed E-state index contributed by atoms with van der Waals surface area (Å²) in [5.74, 6) is -0.514. The lowest BCUT2D eigenvalue weighted by Crippen LogP contribution is -2.45. The van der Waals surface area contributed by atoms with Crippen LogP contribution in [0.4, 0.5) is 4.79 Å². The van der Waals surface area contributed by atoms with Crippen molar-refractivity contribution in [2.45, 2.75) is 37.8 Å². The van der Waals surface area contributed by atoms with Gasteiger partial charge in [-0.15, -0.1) is 0 Å². The highest BCUT2D eigenvalue weighted by Gasteiger charge is 2.42. The summed E-state index contributed by atoms with van der Waals surface area (Å²) < 4.78 is 10.5. The number of carbonyl (C=O) groups excluding carboxylic acids is 2. The molecule has 3 atom stereocenters. The van der Waals surface area contributed by atoms with Crippen LogP contribution in [0.25, 0.3) is 0 Å². The van der Waals surface area contributed by atoms with E-state index in [0.29, 0.717) is 30.6 Å². The van der Waals surface area contributed by atoms with E-state index in [4.69, 9.17) is 9.47 Å². The number of nitrogens with zero attached hydrogens (tertiary/aromatic N) is 1. The third-order valence-corrected chi connectivity index (χ3v) is 6.49. The van der Waals surface area contributed by atoms with Crippen LogP contribution in [0.1, 0.15) is 35.6 Å². The van der Waals surface area contributed by atoms with Crippen LogP contribution in [0.15, 0.2) is 84.9 Å². The molecule has 4 rings (SSSR count). The van der Waals surface area contributed by atoms with Crippen LogP contribution < -0.4 is 4.74 Å². The summed E-state index contributed by atoms with van der Waals surface area (Å²) in [6, 6.07) is 26.4. The fraction of sp³-hybridized carbons (Fsp3) is 0.310. The van der Waals surface area contributed by atoms with Crippen molar-refractivity contribution < 1.29 is 24.2 Å². The van der Waals surface area contributed by atoms with Gasteiger partial charge in [0.05, 0.1) is 25.2 Å². The van der Waals surface area contributed by atoms with Crippen molar-refractivity contribution in [3.8, 4) is 5.75 Å². The van der Waals surface area contributed by atoms with Crippen LogP contribution in [0.5, 0.6) is 5.75 Å². The van der Waals surface area contributed by atoms with Crippen LogP contribution in [0.2, 0.25) is 0 Å². The number of ether oxygens (including phenoxy) is 2. The Labute approximate surface area is 206 Å². The Morgan fingerprint density at radius 1 is 1.00 bits per heavy atom. The van der Waals surface area contributed by atoms with Gasteiger partial charge in [0, 0.05) is 0 Å². The molecule has 0 aromatic heterocycles. The van der Waals surface area contributed by atoms with Gasteiger partial charge in [-0.2, -0.15) is 0 Å². The Balaban J connectivity index is 1.55. The second-order valence-corrected chi connectivity index (χ2v) is 8.83. The number of rotatable bonds is 10. The molecule has 0 spiro atoms. The molecule has 1 fully saturated rings. The first-order valence-electron chi connectivity index (χ1n) is 12.0. The van der Waals surface area contributed by atoms with Crippen molar-refractivity contribution in [2.75, 3.05) is 13.7 Å². The standard InChI is InChI=1S/C29H31NO5/c1-34-25-17-15-23(16-18-25)27(31)26(14-8-13-21-9-4-2-5-10-21)28(32)30-24(20-35-29(30)33)19-22-11-6-3-7-12-22/h2-7,9-12,15-18,24,26-27,31H,8,13-14,19-20H2,1H3/t24-,26-,27+/m1/s1/i28+2. The molecule has 182 valence electrons. The smallest absolute Gasteiger partial charge is 0.416 e. The summed E-state index contributed by atoms with van der Waals surface area (Å²) in [6.45, 7) is 0.148. The average molecular weight is 476 g/mol. The molecule has 1 aliphatic rings. The number of aliphatic hydroxyl groups is 1. The Morgan fingerprint density at radius 3 is 2.26 bits per heavy atom. The molecule has 3 aromatic rings. The summed E-state index contributed by atoms with van der Waals surface area (Å²) in [5, 5.41) is 11.3. The molecule has 0 bridgehead atoms. The molecule has 1 aliphatic heterocycles. The minimum absolute atomic E-state index is 0.148. The summed E-state index contributed by atoms with van der Waals surface area (Å²) in [4.78, 5) is 27.6. The summed E-state index contributed by atoms with van der Waals surface area (Å²) in [6.07, 6.45) is 0.703. The van der Waals surface area contributed by atoms with E-state index in [9.17, 15) is 14.7 Å². The number of aryl methyl sites for hydroxylation is 1. The molecule has 0 saturated carbocycles. The largest absolute Gasteiger partial charge is 0.497 e. The van der Waals surface area contributed by atoms with Gasteiger partial charge in [-0.1, -0.05) is 72.8 Å². The molecule has 1 saturated heterocycles. The SMILES string of the molecule is COc1ccc([C@H](O)[C@@H](CCCc2ccccc2)[14C](=O)N2C(=O)OC[C@H]2Cc2ccccc2)cc1. The topological polar surface area (TPSA) is 76.1 Å². The lowest BCUT2D eigenvalue weighted by Gasteiger charge is -2.28. The maximum atomic E-state index is 13.8. The molecule has 1 heterocycles. The molecule has 2 amide bonds. The van der Waals surface area contributed by atoms with Gasteiger partial charge in [0.2, 0.25) is 5.91 Å². The molecule has 1 N–H and O–H groups in total. The van der Waals surface area contributed by atoms with Gasteiger partial charge in [0.15, 0.2) is 0 Å². The average Bonchev–Trinajstić information content (AvgIpc) is 3.26. The zero-order valence-electron chi connectivity index (χ0n) is 19.9. The number of hydrogen-bond acceptors (Lipinski definition) is 5. The van der Waals surface area contributed by atoms with Crippen molar-refractivity contribution in [3.05, 3.63) is 102 Å². The second-order valence-electron chi connectivity index (χ2n) is 8.83. The highest BCUT2D eigenvalue weighted by molar-refractivity contribution is 5.95. The summed E-state index contributed by atoms with van der Waals surface area (Å²) >= 11 is 0. The van der Waals surface area contributed by atoms with E-state index in [2.05, 4.69) is 0 Å². The van der Waals surface area contributed by atoms with Crippen molar-refractivity contribution in [2.24, 2.45) is 5.92 Å². The fourth-order valence-corrected chi connectivity index (χ4v) is 4.57. The molecule has 0 aliphatic carbocycles. The van der Waals surface area contributed by atoms with Crippen molar-refractivity contribution in [1.29, 1.82) is 0 Å². The van der Waals surface area contributed by atoms with E-state index >= 15 is 0 Å². The molecule has 35 heavy (non-hydrogen) atoms. The van der Waals surface area contributed by atoms with Gasteiger partial charge in [0.1, 0.15) is 12.4 Å². The third-order valence-electron chi connectivity index (χ3n) is 6.49. The van der Waals surface area contributed by atoms with Crippen LogP contribution in [0, 0.1) is 5.92 Å². The van der Waals surface area contributed by atoms with Gasteiger partial charge < -0.3 is 14.6 Å². The van der Waals surface area contributed by atoms with Gasteiger partial charge in [-0.3, -0.25) is 4.79 Å². The predicted molar refractivity (Wildman–Crippen MR) is 133 cm³/mol. The first-order valence-corrected chi connectivity index (χ1v) is 12.0. The Kier molecular flexibility index (Phi) is 8.16. The number of benzene rings is 3. The van der Waals surface area contributed by atoms with Crippen LogP contribution in [-0.4, -0.2) is 41.8 Å². The Hall–Kier alpha value is -3.64. The number of methoxy groups -OCH3 is 1. The quantitative estimate of drug-likeness (QED) is 0.449. The monoisotopic (exact) mass is 475 g/mol. The van der Waals surface area contributed by atoms with Crippen LogP contribution in [-0.2, 0) is 22.4 Å². The number of aliphatic hydroxyl groups excluding tert-OH is 1. The van der Waals surface area contributed by atoms with E-state index in [1.807, 2.05) is 60.7 Å². The molecule has 0 unspecified atom stereocenters. The van der Waals surface area contributed by atoms with E-state index in [-0.39, 0.29) is 6.61 Å². The van der Waals surface area contributed by atoms with Gasteiger partial charge in [0.25, 0.3) is 0 Å². The van der Waals surface area contributed by atoms with E-state index < -0.39 is 30.1 Å². The van der Waals surface area contributed by atoms with Crippen molar-refractivity contribution >= 4 is 12.0 Å². The number of imide groups is 1. The lowest BCUT2D eigenvalue weighted by molar-refractivity contribution is -0.137. The highest BCUT2D eigenvalue weighted by atomic mass is 16.6. The number of hydrogen-bond donors (Lipinski definition) is 1. The first-order chi connectivity index (χ1) is 17.1. The maximum absolute atomic E-state index is 13.8.